The van der Waals surface area contributed by atoms with Gasteiger partial charge in [-0.25, -0.2) is 0 Å². The minimum absolute atomic E-state index is 0.0143. The third kappa shape index (κ3) is 3.30. The van der Waals surface area contributed by atoms with Crippen LogP contribution in [0, 0.1) is 11.3 Å². The maximum atomic E-state index is 9.83. The molecular weight excluding hydrogens is 160 g/mol. The van der Waals surface area contributed by atoms with E-state index >= 15 is 0 Å². The normalized spacial score (nSPS) is 30.5. The highest BCUT2D eigenvalue weighted by Crippen LogP contribution is 2.36. The van der Waals surface area contributed by atoms with Crippen LogP contribution in [0.1, 0.15) is 59.3 Å². The molecule has 0 aliphatic heterocycles. The van der Waals surface area contributed by atoms with Crippen LogP contribution in [0.3, 0.4) is 0 Å². The Morgan fingerprint density at radius 1 is 1.23 bits per heavy atom. The van der Waals surface area contributed by atoms with Crippen molar-refractivity contribution in [3.8, 4) is 0 Å². The minimum Gasteiger partial charge on any atom is -0.393 e. The summed E-state index contributed by atoms with van der Waals surface area (Å²) in [6.07, 6.45) is 7.22. The molecule has 1 heteroatoms. The van der Waals surface area contributed by atoms with Crippen LogP contribution in [0.5, 0.6) is 0 Å². The van der Waals surface area contributed by atoms with E-state index in [1.165, 1.54) is 32.1 Å². The summed E-state index contributed by atoms with van der Waals surface area (Å²) in [4.78, 5) is 0. The van der Waals surface area contributed by atoms with Crippen LogP contribution in [0.2, 0.25) is 0 Å². The van der Waals surface area contributed by atoms with Crippen molar-refractivity contribution < 1.29 is 5.11 Å². The lowest BCUT2D eigenvalue weighted by Crippen LogP contribution is -2.29. The summed E-state index contributed by atoms with van der Waals surface area (Å²) in [6.45, 7) is 6.87. The summed E-state index contributed by atoms with van der Waals surface area (Å²) < 4.78 is 0. The second-order valence-electron chi connectivity index (χ2n) is 5.33. The lowest BCUT2D eigenvalue weighted by atomic mass is 9.74. The van der Waals surface area contributed by atoms with Crippen LogP contribution in [0.25, 0.3) is 0 Å². The number of aliphatic hydroxyl groups is 1. The van der Waals surface area contributed by atoms with Gasteiger partial charge < -0.3 is 5.11 Å². The fourth-order valence-electron chi connectivity index (χ4n) is 2.28. The Hall–Kier alpha value is -0.0400. The molecule has 0 aromatic rings. The van der Waals surface area contributed by atoms with Crippen molar-refractivity contribution >= 4 is 0 Å². The van der Waals surface area contributed by atoms with Crippen molar-refractivity contribution in [3.63, 3.8) is 0 Å². The maximum Gasteiger partial charge on any atom is 0.0568 e. The minimum atomic E-state index is -0.0143. The molecule has 0 aromatic heterocycles. The molecule has 78 valence electrons. The van der Waals surface area contributed by atoms with Crippen molar-refractivity contribution in [3.05, 3.63) is 0 Å². The standard InChI is InChI=1S/C12H24O/c1-4-12(2,3)9-10-7-5-6-8-11(10)13/h10-11,13H,4-9H2,1-3H3/t10-,11+/m0/s1. The molecule has 0 amide bonds. The molecule has 1 nitrogen and oxygen atoms in total. The quantitative estimate of drug-likeness (QED) is 0.713. The molecule has 1 saturated carbocycles. The molecule has 0 spiro atoms. The van der Waals surface area contributed by atoms with E-state index in [-0.39, 0.29) is 6.10 Å². The van der Waals surface area contributed by atoms with Gasteiger partial charge >= 0.3 is 0 Å². The smallest absolute Gasteiger partial charge is 0.0568 e. The highest BCUT2D eigenvalue weighted by atomic mass is 16.3. The highest BCUT2D eigenvalue weighted by Gasteiger charge is 2.28. The van der Waals surface area contributed by atoms with E-state index in [0.717, 1.165) is 6.42 Å². The Morgan fingerprint density at radius 3 is 2.38 bits per heavy atom. The topological polar surface area (TPSA) is 20.2 Å². The molecular formula is C12H24O. The number of hydrogen-bond donors (Lipinski definition) is 1. The zero-order chi connectivity index (χ0) is 9.90. The van der Waals surface area contributed by atoms with Crippen molar-refractivity contribution in [2.75, 3.05) is 0 Å². The van der Waals surface area contributed by atoms with Gasteiger partial charge in [-0.2, -0.15) is 0 Å². The van der Waals surface area contributed by atoms with Crippen molar-refractivity contribution in [1.29, 1.82) is 0 Å². The largest absolute Gasteiger partial charge is 0.393 e. The first-order valence-electron chi connectivity index (χ1n) is 5.73. The Bertz CT molecular complexity index is 151. The molecule has 1 rings (SSSR count). The van der Waals surface area contributed by atoms with Gasteiger partial charge in [-0.1, -0.05) is 40.0 Å². The van der Waals surface area contributed by atoms with Gasteiger partial charge in [0.2, 0.25) is 0 Å². The van der Waals surface area contributed by atoms with Crippen LogP contribution in [0.15, 0.2) is 0 Å². The molecule has 1 N–H and O–H groups in total. The molecule has 2 atom stereocenters. The van der Waals surface area contributed by atoms with Crippen LogP contribution < -0.4 is 0 Å². The van der Waals surface area contributed by atoms with Gasteiger partial charge in [-0.3, -0.25) is 0 Å². The van der Waals surface area contributed by atoms with Crippen LogP contribution in [-0.4, -0.2) is 11.2 Å². The lowest BCUT2D eigenvalue weighted by Gasteiger charge is -2.34. The molecule has 1 fully saturated rings. The third-order valence-corrected chi connectivity index (χ3v) is 3.64. The molecule has 0 heterocycles. The summed E-state index contributed by atoms with van der Waals surface area (Å²) in [5, 5.41) is 9.83. The summed E-state index contributed by atoms with van der Waals surface area (Å²) in [6, 6.07) is 0. The Balaban J connectivity index is 2.42. The summed E-state index contributed by atoms with van der Waals surface area (Å²) >= 11 is 0. The first kappa shape index (κ1) is 11.0. The summed E-state index contributed by atoms with van der Waals surface area (Å²) in [5.74, 6) is 0.573. The van der Waals surface area contributed by atoms with E-state index in [9.17, 15) is 5.11 Å². The SMILES string of the molecule is CCC(C)(C)C[C@@H]1CCCC[C@H]1O. The number of aliphatic hydroxyl groups excluding tert-OH is 1. The predicted molar refractivity (Wildman–Crippen MR) is 56.7 cm³/mol. The third-order valence-electron chi connectivity index (χ3n) is 3.64. The van der Waals surface area contributed by atoms with Gasteiger partial charge in [0.1, 0.15) is 0 Å². The second-order valence-corrected chi connectivity index (χ2v) is 5.33. The monoisotopic (exact) mass is 184 g/mol. The van der Waals surface area contributed by atoms with Crippen molar-refractivity contribution in [2.24, 2.45) is 11.3 Å². The zero-order valence-electron chi connectivity index (χ0n) is 9.34. The fraction of sp³-hybridized carbons (Fsp3) is 1.00. The molecule has 1 aliphatic carbocycles. The van der Waals surface area contributed by atoms with E-state index in [4.69, 9.17) is 0 Å². The lowest BCUT2D eigenvalue weighted by molar-refractivity contribution is 0.0433. The average molecular weight is 184 g/mol. The van der Waals surface area contributed by atoms with Gasteiger partial charge in [0, 0.05) is 0 Å². The van der Waals surface area contributed by atoms with E-state index in [1.54, 1.807) is 0 Å². The first-order chi connectivity index (χ1) is 6.05. The number of rotatable bonds is 3. The van der Waals surface area contributed by atoms with E-state index in [2.05, 4.69) is 20.8 Å². The molecule has 13 heavy (non-hydrogen) atoms. The first-order valence-corrected chi connectivity index (χ1v) is 5.73. The second kappa shape index (κ2) is 4.45. The van der Waals surface area contributed by atoms with Gasteiger partial charge in [0.15, 0.2) is 0 Å². The van der Waals surface area contributed by atoms with Gasteiger partial charge in [0.05, 0.1) is 6.10 Å². The van der Waals surface area contributed by atoms with Gasteiger partial charge in [0.25, 0.3) is 0 Å². The van der Waals surface area contributed by atoms with Crippen molar-refractivity contribution in [2.45, 2.75) is 65.4 Å². The predicted octanol–water partition coefficient (Wildman–Crippen LogP) is 3.36. The molecule has 0 bridgehead atoms. The Morgan fingerprint density at radius 2 is 1.85 bits per heavy atom. The molecule has 0 unspecified atom stereocenters. The van der Waals surface area contributed by atoms with E-state index in [1.807, 2.05) is 0 Å². The van der Waals surface area contributed by atoms with Crippen LogP contribution in [-0.2, 0) is 0 Å². The van der Waals surface area contributed by atoms with E-state index in [0.29, 0.717) is 11.3 Å². The van der Waals surface area contributed by atoms with Gasteiger partial charge in [-0.05, 0) is 30.6 Å². The Labute approximate surface area is 82.5 Å². The molecule has 0 radical (unpaired) electrons. The summed E-state index contributed by atoms with van der Waals surface area (Å²) in [7, 11) is 0. The number of hydrogen-bond acceptors (Lipinski definition) is 1. The summed E-state index contributed by atoms with van der Waals surface area (Å²) in [5.41, 5.74) is 0.420. The molecule has 0 aromatic carbocycles. The fourth-order valence-corrected chi connectivity index (χ4v) is 2.28. The average Bonchev–Trinajstić information content (AvgIpc) is 2.09. The molecule has 0 saturated heterocycles. The maximum absolute atomic E-state index is 9.83. The van der Waals surface area contributed by atoms with Gasteiger partial charge in [-0.15, -0.1) is 0 Å². The zero-order valence-corrected chi connectivity index (χ0v) is 9.34. The van der Waals surface area contributed by atoms with E-state index < -0.39 is 0 Å². The van der Waals surface area contributed by atoms with Crippen LogP contribution >= 0.6 is 0 Å². The molecule has 1 aliphatic rings. The highest BCUT2D eigenvalue weighted by molar-refractivity contribution is 4.80. The van der Waals surface area contributed by atoms with Crippen LogP contribution in [0.4, 0.5) is 0 Å². The Kier molecular flexibility index (Phi) is 3.78. The van der Waals surface area contributed by atoms with Crippen molar-refractivity contribution in [1.82, 2.24) is 0 Å².